The van der Waals surface area contributed by atoms with Gasteiger partial charge in [0, 0.05) is 32.5 Å². The van der Waals surface area contributed by atoms with Crippen LogP contribution < -0.4 is 0 Å². The SMILES string of the molecule is N#CC1=C(N2CCC3(CC2)CC3)c2nc(C(=O)CCCO)ccc2CC1=O. The van der Waals surface area contributed by atoms with Gasteiger partial charge in [-0.3, -0.25) is 9.59 Å². The van der Waals surface area contributed by atoms with Crippen LogP contribution in [0, 0.1) is 16.7 Å². The molecule has 27 heavy (non-hydrogen) atoms. The number of aromatic nitrogens is 1. The van der Waals surface area contributed by atoms with E-state index in [2.05, 4.69) is 16.0 Å². The number of aliphatic hydroxyl groups is 1. The van der Waals surface area contributed by atoms with Crippen molar-refractivity contribution in [1.82, 2.24) is 9.88 Å². The Labute approximate surface area is 158 Å². The molecule has 0 amide bonds. The van der Waals surface area contributed by atoms with E-state index in [9.17, 15) is 14.9 Å². The number of likely N-dealkylation sites (tertiary alicyclic amines) is 1. The molecule has 1 spiro atoms. The summed E-state index contributed by atoms with van der Waals surface area (Å²) >= 11 is 0. The van der Waals surface area contributed by atoms with Gasteiger partial charge in [0.05, 0.1) is 11.4 Å². The molecule has 1 saturated carbocycles. The van der Waals surface area contributed by atoms with E-state index in [0.29, 0.717) is 28.9 Å². The minimum Gasteiger partial charge on any atom is -0.396 e. The molecule has 0 radical (unpaired) electrons. The van der Waals surface area contributed by atoms with Crippen molar-refractivity contribution in [3.63, 3.8) is 0 Å². The van der Waals surface area contributed by atoms with Crippen LogP contribution in [0.2, 0.25) is 0 Å². The standard InChI is InChI=1S/C21H23N3O3/c22-13-15-18(27)12-14-3-4-16(17(26)2-1-11-25)23-19(14)20(15)24-9-7-21(5-6-21)8-10-24/h3-4,25H,1-2,5-12H2. The number of hydrogen-bond acceptors (Lipinski definition) is 6. The Hall–Kier alpha value is -2.52. The largest absolute Gasteiger partial charge is 0.396 e. The van der Waals surface area contributed by atoms with E-state index in [0.717, 1.165) is 31.5 Å². The van der Waals surface area contributed by atoms with Crippen LogP contribution >= 0.6 is 0 Å². The molecule has 1 aliphatic heterocycles. The van der Waals surface area contributed by atoms with Gasteiger partial charge in [-0.2, -0.15) is 5.26 Å². The van der Waals surface area contributed by atoms with Crippen LogP contribution in [-0.2, 0) is 11.2 Å². The normalized spacial score (nSPS) is 20.4. The molecule has 1 aromatic heterocycles. The van der Waals surface area contributed by atoms with Crippen molar-refractivity contribution < 1.29 is 14.7 Å². The molecule has 140 valence electrons. The first-order valence-electron chi connectivity index (χ1n) is 9.64. The number of ketones is 2. The zero-order valence-electron chi connectivity index (χ0n) is 15.3. The second-order valence-electron chi connectivity index (χ2n) is 7.88. The van der Waals surface area contributed by atoms with Crippen LogP contribution in [-0.4, -0.2) is 46.3 Å². The van der Waals surface area contributed by atoms with Crippen molar-refractivity contribution in [3.8, 4) is 6.07 Å². The van der Waals surface area contributed by atoms with E-state index in [1.54, 1.807) is 12.1 Å². The van der Waals surface area contributed by atoms with Gasteiger partial charge >= 0.3 is 0 Å². The number of piperidine rings is 1. The van der Waals surface area contributed by atoms with Gasteiger partial charge in [0.1, 0.15) is 17.3 Å². The maximum atomic E-state index is 12.5. The minimum absolute atomic E-state index is 0.0373. The molecule has 2 heterocycles. The number of nitrogens with zero attached hydrogens (tertiary/aromatic N) is 3. The highest BCUT2D eigenvalue weighted by molar-refractivity contribution is 6.09. The van der Waals surface area contributed by atoms with Gasteiger partial charge in [-0.25, -0.2) is 4.98 Å². The summed E-state index contributed by atoms with van der Waals surface area (Å²) < 4.78 is 0. The van der Waals surface area contributed by atoms with Crippen molar-refractivity contribution in [2.75, 3.05) is 19.7 Å². The number of rotatable bonds is 5. The lowest BCUT2D eigenvalue weighted by atomic mass is 9.88. The fraction of sp³-hybridized carbons (Fsp3) is 0.524. The lowest BCUT2D eigenvalue weighted by Gasteiger charge is -2.37. The predicted molar refractivity (Wildman–Crippen MR) is 98.6 cm³/mol. The van der Waals surface area contributed by atoms with E-state index in [1.165, 1.54) is 12.8 Å². The average Bonchev–Trinajstić information content (AvgIpc) is 3.44. The zero-order valence-corrected chi connectivity index (χ0v) is 15.3. The summed E-state index contributed by atoms with van der Waals surface area (Å²) in [4.78, 5) is 31.5. The molecule has 2 aliphatic carbocycles. The number of fused-ring (bicyclic) bond motifs is 1. The Morgan fingerprint density at radius 3 is 2.63 bits per heavy atom. The van der Waals surface area contributed by atoms with E-state index in [4.69, 9.17) is 5.11 Å². The Balaban J connectivity index is 1.71. The van der Waals surface area contributed by atoms with Crippen LogP contribution in [0.1, 0.15) is 60.3 Å². The van der Waals surface area contributed by atoms with Crippen LogP contribution in [0.3, 0.4) is 0 Å². The topological polar surface area (TPSA) is 94.3 Å². The molecule has 6 heteroatoms. The predicted octanol–water partition coefficient (Wildman–Crippen LogP) is 2.27. The highest BCUT2D eigenvalue weighted by Crippen LogP contribution is 2.54. The van der Waals surface area contributed by atoms with Crippen LogP contribution in [0.15, 0.2) is 17.7 Å². The van der Waals surface area contributed by atoms with Gasteiger partial charge in [0.2, 0.25) is 0 Å². The summed E-state index contributed by atoms with van der Waals surface area (Å²) in [5, 5.41) is 18.6. The third-order valence-corrected chi connectivity index (χ3v) is 6.13. The number of aliphatic hydroxyl groups excluding tert-OH is 1. The van der Waals surface area contributed by atoms with Crippen molar-refractivity contribution in [2.24, 2.45) is 5.41 Å². The third-order valence-electron chi connectivity index (χ3n) is 6.13. The third kappa shape index (κ3) is 3.28. The fourth-order valence-corrected chi connectivity index (χ4v) is 4.18. The van der Waals surface area contributed by atoms with Gasteiger partial charge in [0.25, 0.3) is 0 Å². The first-order valence-corrected chi connectivity index (χ1v) is 9.64. The van der Waals surface area contributed by atoms with Gasteiger partial charge in [-0.15, -0.1) is 0 Å². The molecule has 3 aliphatic rings. The van der Waals surface area contributed by atoms with Crippen LogP contribution in [0.25, 0.3) is 5.70 Å². The lowest BCUT2D eigenvalue weighted by Crippen LogP contribution is -2.36. The van der Waals surface area contributed by atoms with Gasteiger partial charge < -0.3 is 10.0 Å². The summed E-state index contributed by atoms with van der Waals surface area (Å²) in [6.45, 7) is 1.60. The molecular formula is C21H23N3O3. The second-order valence-corrected chi connectivity index (χ2v) is 7.88. The highest BCUT2D eigenvalue weighted by atomic mass is 16.3. The summed E-state index contributed by atoms with van der Waals surface area (Å²) in [6, 6.07) is 5.53. The average molecular weight is 365 g/mol. The van der Waals surface area contributed by atoms with Crippen LogP contribution in [0.5, 0.6) is 0 Å². The molecule has 0 atom stereocenters. The number of Topliss-reactive ketones (excluding diaryl/α,β-unsaturated/α-hetero) is 2. The van der Waals surface area contributed by atoms with Crippen molar-refractivity contribution in [1.29, 1.82) is 5.26 Å². The fourth-order valence-electron chi connectivity index (χ4n) is 4.18. The molecule has 2 fully saturated rings. The molecule has 6 nitrogen and oxygen atoms in total. The minimum atomic E-state index is -0.173. The number of pyridine rings is 1. The first kappa shape index (κ1) is 17.9. The Morgan fingerprint density at radius 2 is 2.00 bits per heavy atom. The molecular weight excluding hydrogens is 342 g/mol. The maximum Gasteiger partial charge on any atom is 0.181 e. The van der Waals surface area contributed by atoms with Gasteiger partial charge in [0.15, 0.2) is 11.6 Å². The quantitative estimate of drug-likeness (QED) is 0.805. The Bertz CT molecular complexity index is 867. The van der Waals surface area contributed by atoms with Crippen molar-refractivity contribution >= 4 is 17.3 Å². The molecule has 4 rings (SSSR count). The number of nitriles is 1. The first-order chi connectivity index (χ1) is 13.1. The lowest BCUT2D eigenvalue weighted by molar-refractivity contribution is -0.114. The van der Waals surface area contributed by atoms with Crippen molar-refractivity contribution in [2.45, 2.75) is 44.9 Å². The van der Waals surface area contributed by atoms with E-state index >= 15 is 0 Å². The molecule has 1 aromatic rings. The number of carbonyl (C=O) groups excluding carboxylic acids is 2. The van der Waals surface area contributed by atoms with Gasteiger partial charge in [-0.1, -0.05) is 6.07 Å². The monoisotopic (exact) mass is 365 g/mol. The molecule has 0 aromatic carbocycles. The Morgan fingerprint density at radius 1 is 1.26 bits per heavy atom. The molecule has 0 bridgehead atoms. The molecule has 1 saturated heterocycles. The zero-order chi connectivity index (χ0) is 19.0. The van der Waals surface area contributed by atoms with E-state index < -0.39 is 0 Å². The van der Waals surface area contributed by atoms with E-state index in [1.807, 2.05) is 0 Å². The van der Waals surface area contributed by atoms with E-state index in [-0.39, 0.29) is 36.6 Å². The second kappa shape index (κ2) is 6.90. The number of hydrogen-bond donors (Lipinski definition) is 1. The maximum absolute atomic E-state index is 12.5. The van der Waals surface area contributed by atoms with Crippen LogP contribution in [0.4, 0.5) is 0 Å². The highest BCUT2D eigenvalue weighted by Gasteiger charge is 2.45. The molecule has 0 unspecified atom stereocenters. The summed E-state index contributed by atoms with van der Waals surface area (Å²) in [5.74, 6) is -0.301. The summed E-state index contributed by atoms with van der Waals surface area (Å²) in [6.07, 6.45) is 5.50. The smallest absolute Gasteiger partial charge is 0.181 e. The number of carbonyl (C=O) groups is 2. The van der Waals surface area contributed by atoms with Crippen molar-refractivity contribution in [3.05, 3.63) is 34.7 Å². The molecule has 1 N–H and O–H groups in total. The number of allylic oxidation sites excluding steroid dienone is 1. The summed E-state index contributed by atoms with van der Waals surface area (Å²) in [7, 11) is 0. The van der Waals surface area contributed by atoms with Gasteiger partial charge in [-0.05, 0) is 49.1 Å². The summed E-state index contributed by atoms with van der Waals surface area (Å²) in [5.41, 5.74) is 2.98. The Kier molecular flexibility index (Phi) is 4.56.